The van der Waals surface area contributed by atoms with Gasteiger partial charge in [0.15, 0.2) is 16.4 Å². The zero-order valence-electron chi connectivity index (χ0n) is 17.0. The highest BCUT2D eigenvalue weighted by atomic mass is 35.5. The van der Waals surface area contributed by atoms with Gasteiger partial charge in [-0.3, -0.25) is 4.79 Å². The van der Waals surface area contributed by atoms with E-state index in [1.165, 1.54) is 16.8 Å². The molecule has 0 N–H and O–H groups in total. The number of aromatic nitrogens is 2. The zero-order valence-corrected chi connectivity index (χ0v) is 18.5. The molecule has 8 nitrogen and oxygen atoms in total. The predicted octanol–water partition coefficient (Wildman–Crippen LogP) is 2.35. The van der Waals surface area contributed by atoms with Gasteiger partial charge in [-0.15, -0.1) is 0 Å². The number of carbonyl (C=O) groups is 2. The van der Waals surface area contributed by atoms with Crippen molar-refractivity contribution in [2.45, 2.75) is 25.8 Å². The lowest BCUT2D eigenvalue weighted by molar-refractivity contribution is -0.142. The first-order valence-electron chi connectivity index (χ1n) is 9.93. The summed E-state index contributed by atoms with van der Waals surface area (Å²) in [5, 5.41) is 4.61. The van der Waals surface area contributed by atoms with E-state index in [0.29, 0.717) is 24.2 Å². The third-order valence-corrected chi connectivity index (χ3v) is 7.66. The number of esters is 1. The Balaban J connectivity index is 1.37. The molecule has 1 atom stereocenters. The fraction of sp³-hybridized carbons (Fsp3) is 0.381. The summed E-state index contributed by atoms with van der Waals surface area (Å²) in [5.74, 6) is -0.843. The Labute approximate surface area is 185 Å². The molecule has 0 aliphatic carbocycles. The number of nitrogens with zero attached hydrogens (tertiary/aromatic N) is 3. The van der Waals surface area contributed by atoms with E-state index >= 15 is 0 Å². The highest BCUT2D eigenvalue weighted by Gasteiger charge is 2.32. The molecule has 2 aliphatic heterocycles. The Morgan fingerprint density at radius 2 is 2.10 bits per heavy atom. The average Bonchev–Trinajstić information content (AvgIpc) is 3.40. The second-order valence-electron chi connectivity index (χ2n) is 7.66. The number of ether oxygens (including phenoxy) is 1. The molecule has 0 saturated carbocycles. The normalized spacial score (nSPS) is 19.7. The molecule has 1 aromatic carbocycles. The zero-order chi connectivity index (χ0) is 22.2. The van der Waals surface area contributed by atoms with Crippen LogP contribution in [0.5, 0.6) is 0 Å². The van der Waals surface area contributed by atoms with Crippen LogP contribution in [-0.4, -0.2) is 54.7 Å². The Morgan fingerprint density at radius 1 is 1.32 bits per heavy atom. The Kier molecular flexibility index (Phi) is 5.90. The maximum Gasteiger partial charge on any atom is 0.331 e. The Morgan fingerprint density at radius 3 is 2.84 bits per heavy atom. The number of hydrogen-bond donors (Lipinski definition) is 0. The highest BCUT2D eigenvalue weighted by molar-refractivity contribution is 7.91. The van der Waals surface area contributed by atoms with Crippen LogP contribution in [0.1, 0.15) is 29.3 Å². The van der Waals surface area contributed by atoms with Gasteiger partial charge in [0.1, 0.15) is 5.15 Å². The lowest BCUT2D eigenvalue weighted by Crippen LogP contribution is -2.33. The molecular formula is C21H22ClN3O5S. The van der Waals surface area contributed by atoms with E-state index in [0.717, 1.165) is 17.7 Å². The van der Waals surface area contributed by atoms with Gasteiger partial charge in [0, 0.05) is 23.9 Å². The van der Waals surface area contributed by atoms with E-state index < -0.39 is 15.8 Å². The van der Waals surface area contributed by atoms with E-state index in [9.17, 15) is 18.0 Å². The molecule has 3 heterocycles. The van der Waals surface area contributed by atoms with Gasteiger partial charge < -0.3 is 9.64 Å². The number of para-hydroxylation sites is 1. The number of rotatable bonds is 5. The minimum absolute atomic E-state index is 0.000770. The standard InChI is InChI=1S/C21H22ClN3O5S/c1-14-17(21(22)25(23-14)16-9-11-31(28,29)13-16)6-7-20(27)30-12-19(26)24-10-8-15-4-2-3-5-18(15)24/h2-7,16H,8-13H2,1H3/b7-6+/t16-/m1/s1. The Bertz CT molecular complexity index is 1170. The summed E-state index contributed by atoms with van der Waals surface area (Å²) in [6, 6.07) is 7.33. The van der Waals surface area contributed by atoms with Gasteiger partial charge in [-0.25, -0.2) is 17.9 Å². The summed E-state index contributed by atoms with van der Waals surface area (Å²) < 4.78 is 30.1. The number of benzene rings is 1. The molecular weight excluding hydrogens is 442 g/mol. The molecule has 1 fully saturated rings. The summed E-state index contributed by atoms with van der Waals surface area (Å²) in [6.07, 6.45) is 3.90. The van der Waals surface area contributed by atoms with Crippen molar-refractivity contribution in [3.63, 3.8) is 0 Å². The fourth-order valence-corrected chi connectivity index (χ4v) is 6.01. The van der Waals surface area contributed by atoms with Gasteiger partial charge in [-0.05, 0) is 37.5 Å². The third-order valence-electron chi connectivity index (χ3n) is 5.54. The number of fused-ring (bicyclic) bond motifs is 1. The minimum atomic E-state index is -3.08. The number of halogens is 1. The minimum Gasteiger partial charge on any atom is -0.452 e. The number of hydrogen-bond acceptors (Lipinski definition) is 6. The fourth-order valence-electron chi connectivity index (χ4n) is 3.94. The number of carbonyl (C=O) groups excluding carboxylic acids is 2. The monoisotopic (exact) mass is 463 g/mol. The summed E-state index contributed by atoms with van der Waals surface area (Å²) in [7, 11) is -3.08. The first-order valence-corrected chi connectivity index (χ1v) is 12.1. The van der Waals surface area contributed by atoms with Crippen LogP contribution in [0.25, 0.3) is 6.08 Å². The topological polar surface area (TPSA) is 98.6 Å². The molecule has 2 aromatic rings. The number of sulfone groups is 1. The van der Waals surface area contributed by atoms with Gasteiger partial charge >= 0.3 is 5.97 Å². The molecule has 4 rings (SSSR count). The maximum atomic E-state index is 12.4. The van der Waals surface area contributed by atoms with Crippen LogP contribution in [-0.2, 0) is 30.6 Å². The number of aryl methyl sites for hydroxylation is 1. The van der Waals surface area contributed by atoms with Crippen molar-refractivity contribution >= 4 is 45.1 Å². The lowest BCUT2D eigenvalue weighted by atomic mass is 10.2. The molecule has 164 valence electrons. The second-order valence-corrected chi connectivity index (χ2v) is 10.2. The predicted molar refractivity (Wildman–Crippen MR) is 117 cm³/mol. The van der Waals surface area contributed by atoms with Crippen LogP contribution in [0.3, 0.4) is 0 Å². The van der Waals surface area contributed by atoms with E-state index in [4.69, 9.17) is 16.3 Å². The van der Waals surface area contributed by atoms with E-state index in [-0.39, 0.29) is 35.2 Å². The van der Waals surface area contributed by atoms with Crippen LogP contribution in [0.4, 0.5) is 5.69 Å². The van der Waals surface area contributed by atoms with E-state index in [2.05, 4.69) is 5.10 Å². The molecule has 1 aromatic heterocycles. The molecule has 1 saturated heterocycles. The lowest BCUT2D eigenvalue weighted by Gasteiger charge is -2.16. The molecule has 0 spiro atoms. The average molecular weight is 464 g/mol. The van der Waals surface area contributed by atoms with Gasteiger partial charge in [-0.1, -0.05) is 29.8 Å². The summed E-state index contributed by atoms with van der Waals surface area (Å²) in [5.41, 5.74) is 3.04. The molecule has 31 heavy (non-hydrogen) atoms. The molecule has 2 aliphatic rings. The van der Waals surface area contributed by atoms with Crippen LogP contribution >= 0.6 is 11.6 Å². The summed E-state index contributed by atoms with van der Waals surface area (Å²) >= 11 is 6.39. The van der Waals surface area contributed by atoms with E-state index in [1.54, 1.807) is 11.8 Å². The van der Waals surface area contributed by atoms with Crippen molar-refractivity contribution in [3.05, 3.63) is 52.3 Å². The second kappa shape index (κ2) is 8.47. The van der Waals surface area contributed by atoms with Crippen LogP contribution in [0.2, 0.25) is 5.15 Å². The quantitative estimate of drug-likeness (QED) is 0.498. The smallest absolute Gasteiger partial charge is 0.331 e. The molecule has 0 bridgehead atoms. The SMILES string of the molecule is Cc1nn([C@@H]2CCS(=O)(=O)C2)c(Cl)c1/C=C/C(=O)OCC(=O)N1CCc2ccccc21. The molecule has 1 amide bonds. The third kappa shape index (κ3) is 4.52. The van der Waals surface area contributed by atoms with Crippen molar-refractivity contribution in [2.24, 2.45) is 0 Å². The van der Waals surface area contributed by atoms with Crippen LogP contribution in [0, 0.1) is 6.92 Å². The first-order chi connectivity index (χ1) is 14.7. The van der Waals surface area contributed by atoms with E-state index in [1.807, 2.05) is 24.3 Å². The Hall–Kier alpha value is -2.65. The van der Waals surface area contributed by atoms with Gasteiger partial charge in [-0.2, -0.15) is 5.10 Å². The number of anilines is 1. The molecule has 0 radical (unpaired) electrons. The highest BCUT2D eigenvalue weighted by Crippen LogP contribution is 2.30. The van der Waals surface area contributed by atoms with Crippen molar-refractivity contribution < 1.29 is 22.7 Å². The molecule has 10 heteroatoms. The van der Waals surface area contributed by atoms with Crippen molar-refractivity contribution in [2.75, 3.05) is 29.6 Å². The van der Waals surface area contributed by atoms with Crippen molar-refractivity contribution in [1.82, 2.24) is 9.78 Å². The first kappa shape index (κ1) is 21.6. The van der Waals surface area contributed by atoms with Gasteiger partial charge in [0.05, 0.1) is 23.2 Å². The maximum absolute atomic E-state index is 12.4. The van der Waals surface area contributed by atoms with Crippen molar-refractivity contribution in [3.8, 4) is 0 Å². The van der Waals surface area contributed by atoms with Crippen LogP contribution < -0.4 is 4.90 Å². The van der Waals surface area contributed by atoms with Gasteiger partial charge in [0.2, 0.25) is 0 Å². The largest absolute Gasteiger partial charge is 0.452 e. The van der Waals surface area contributed by atoms with Crippen LogP contribution in [0.15, 0.2) is 30.3 Å². The van der Waals surface area contributed by atoms with Gasteiger partial charge in [0.25, 0.3) is 5.91 Å². The molecule has 0 unspecified atom stereocenters. The number of amides is 1. The summed E-state index contributed by atoms with van der Waals surface area (Å²) in [4.78, 5) is 26.2. The summed E-state index contributed by atoms with van der Waals surface area (Å²) in [6.45, 7) is 1.94. The van der Waals surface area contributed by atoms with Crippen molar-refractivity contribution in [1.29, 1.82) is 0 Å².